The van der Waals surface area contributed by atoms with Crippen LogP contribution >= 0.6 is 0 Å². The second-order valence-electron chi connectivity index (χ2n) is 8.78. The number of allylic oxidation sites excluding steroid dienone is 1. The van der Waals surface area contributed by atoms with Crippen molar-refractivity contribution in [1.82, 2.24) is 24.2 Å². The topological polar surface area (TPSA) is 93.2 Å². The fourth-order valence-electron chi connectivity index (χ4n) is 4.25. The number of fused-ring (bicyclic) bond motifs is 1. The molecule has 1 amide bonds. The van der Waals surface area contributed by atoms with E-state index >= 15 is 0 Å². The van der Waals surface area contributed by atoms with Crippen LogP contribution in [-0.4, -0.2) is 53.9 Å². The van der Waals surface area contributed by atoms with Crippen molar-refractivity contribution < 1.29 is 9.90 Å². The molecule has 0 unspecified atom stereocenters. The highest BCUT2D eigenvalue weighted by Gasteiger charge is 2.34. The van der Waals surface area contributed by atoms with Crippen LogP contribution in [0.2, 0.25) is 0 Å². The maximum atomic E-state index is 13.1. The molecule has 0 radical (unpaired) electrons. The predicted octanol–water partition coefficient (Wildman–Crippen LogP) is 2.51. The molecule has 1 fully saturated rings. The van der Waals surface area contributed by atoms with E-state index in [1.807, 2.05) is 37.3 Å². The molecule has 0 bridgehead atoms. The summed E-state index contributed by atoms with van der Waals surface area (Å²) in [6.45, 7) is 6.82. The number of hydrogen-bond donors (Lipinski definition) is 1. The Labute approximate surface area is 186 Å². The zero-order valence-corrected chi connectivity index (χ0v) is 18.6. The van der Waals surface area contributed by atoms with Crippen LogP contribution in [0.4, 0.5) is 0 Å². The number of nitrogens with zero attached hydrogens (tertiary/aromatic N) is 5. The molecule has 8 heteroatoms. The van der Waals surface area contributed by atoms with Gasteiger partial charge >= 0.3 is 0 Å². The Bertz CT molecular complexity index is 1200. The number of aromatic nitrogens is 4. The van der Waals surface area contributed by atoms with Gasteiger partial charge in [0.15, 0.2) is 5.52 Å². The van der Waals surface area contributed by atoms with Crippen LogP contribution < -0.4 is 5.56 Å². The van der Waals surface area contributed by atoms with Gasteiger partial charge < -0.3 is 10.0 Å². The lowest BCUT2D eigenvalue weighted by molar-refractivity contribution is -0.135. The van der Waals surface area contributed by atoms with E-state index in [0.29, 0.717) is 44.3 Å². The van der Waals surface area contributed by atoms with Crippen LogP contribution in [-0.2, 0) is 18.4 Å². The van der Waals surface area contributed by atoms with Gasteiger partial charge in [-0.05, 0) is 26.2 Å². The Morgan fingerprint density at radius 3 is 2.50 bits per heavy atom. The van der Waals surface area contributed by atoms with Gasteiger partial charge in [-0.15, -0.1) is 6.58 Å². The first kappa shape index (κ1) is 22.0. The molecule has 2 aromatic heterocycles. The molecule has 1 saturated heterocycles. The average molecular weight is 436 g/mol. The van der Waals surface area contributed by atoms with Crippen LogP contribution in [0.15, 0.2) is 53.6 Å². The minimum absolute atomic E-state index is 0.0808. The van der Waals surface area contributed by atoms with Crippen LogP contribution in [0, 0.1) is 0 Å². The molecule has 0 spiro atoms. The Balaban J connectivity index is 1.52. The molecule has 0 aliphatic carbocycles. The first-order chi connectivity index (χ1) is 15.3. The number of aryl methyl sites for hydroxylation is 1. The number of hydrogen-bond acceptors (Lipinski definition) is 5. The van der Waals surface area contributed by atoms with Crippen molar-refractivity contribution in [3.8, 4) is 11.3 Å². The predicted molar refractivity (Wildman–Crippen MR) is 123 cm³/mol. The summed E-state index contributed by atoms with van der Waals surface area (Å²) < 4.78 is 3.10. The Kier molecular flexibility index (Phi) is 5.97. The zero-order valence-electron chi connectivity index (χ0n) is 18.6. The van der Waals surface area contributed by atoms with Crippen molar-refractivity contribution >= 4 is 16.9 Å². The third kappa shape index (κ3) is 4.36. The van der Waals surface area contributed by atoms with Gasteiger partial charge in [0.2, 0.25) is 5.91 Å². The van der Waals surface area contributed by atoms with Crippen molar-refractivity contribution in [3.63, 3.8) is 0 Å². The average Bonchev–Trinajstić information content (AvgIpc) is 3.12. The van der Waals surface area contributed by atoms with Gasteiger partial charge in [0, 0.05) is 32.1 Å². The molecule has 0 atom stereocenters. The summed E-state index contributed by atoms with van der Waals surface area (Å²) in [6.07, 6.45) is 3.43. The largest absolute Gasteiger partial charge is 0.388 e. The highest BCUT2D eigenvalue weighted by Crippen LogP contribution is 2.27. The van der Waals surface area contributed by atoms with Crippen molar-refractivity contribution in [1.29, 1.82) is 0 Å². The number of aliphatic hydroxyl groups is 1. The van der Waals surface area contributed by atoms with Crippen LogP contribution in [0.5, 0.6) is 0 Å². The molecule has 1 aromatic carbocycles. The van der Waals surface area contributed by atoms with Gasteiger partial charge in [0.1, 0.15) is 5.52 Å². The van der Waals surface area contributed by atoms with Gasteiger partial charge in [0.05, 0.1) is 24.2 Å². The molecular formula is C24H29N5O3. The maximum Gasteiger partial charge on any atom is 0.281 e. The molecular weight excluding hydrogens is 406 g/mol. The summed E-state index contributed by atoms with van der Waals surface area (Å²) in [6, 6.07) is 9.71. The third-order valence-corrected chi connectivity index (χ3v) is 6.14. The van der Waals surface area contributed by atoms with Crippen molar-refractivity contribution in [2.75, 3.05) is 13.1 Å². The van der Waals surface area contributed by atoms with E-state index in [2.05, 4.69) is 16.7 Å². The third-order valence-electron chi connectivity index (χ3n) is 6.14. The number of likely N-dealkylation sites (tertiary alicyclic amines) is 1. The van der Waals surface area contributed by atoms with Crippen molar-refractivity contribution in [2.24, 2.45) is 7.05 Å². The summed E-state index contributed by atoms with van der Waals surface area (Å²) in [7, 11) is 1.79. The highest BCUT2D eigenvalue weighted by atomic mass is 16.3. The summed E-state index contributed by atoms with van der Waals surface area (Å²) >= 11 is 0. The fourth-order valence-corrected chi connectivity index (χ4v) is 4.25. The Morgan fingerprint density at radius 1 is 1.16 bits per heavy atom. The van der Waals surface area contributed by atoms with E-state index in [0.717, 1.165) is 16.8 Å². The molecule has 8 nitrogen and oxygen atoms in total. The van der Waals surface area contributed by atoms with Crippen LogP contribution in [0.3, 0.4) is 0 Å². The number of carbonyl (C=O) groups is 1. The minimum atomic E-state index is -1.07. The lowest BCUT2D eigenvalue weighted by atomic mass is 9.91. The van der Waals surface area contributed by atoms with Gasteiger partial charge in [-0.2, -0.15) is 5.10 Å². The second kappa shape index (κ2) is 8.70. The number of piperidine rings is 1. The molecule has 168 valence electrons. The molecule has 3 aromatic rings. The molecule has 32 heavy (non-hydrogen) atoms. The van der Waals surface area contributed by atoms with Crippen LogP contribution in [0.25, 0.3) is 22.3 Å². The summed E-state index contributed by atoms with van der Waals surface area (Å²) in [4.78, 5) is 31.8. The molecule has 3 heterocycles. The fraction of sp³-hybridized carbons (Fsp3) is 0.417. The SMILES string of the molecule is C=C(C)CCC(=O)N1CCC(O)(Cn2cnc3c(-c4ccccc4)n(C)nc3c2=O)CC1. The van der Waals surface area contributed by atoms with Crippen LogP contribution in [0.1, 0.15) is 32.6 Å². The summed E-state index contributed by atoms with van der Waals surface area (Å²) in [5.74, 6) is 0.0808. The number of carbonyl (C=O) groups excluding carboxylic acids is 1. The Hall–Kier alpha value is -3.26. The molecule has 1 N–H and O–H groups in total. The standard InChI is InChI=1S/C24H29N5O3/c1-17(2)9-10-19(30)28-13-11-24(32,12-14-28)15-29-16-25-20-21(23(29)31)26-27(3)22(20)18-7-5-4-6-8-18/h4-8,16,32H,1,9-15H2,2-3H3. The summed E-state index contributed by atoms with van der Waals surface area (Å²) in [5, 5.41) is 15.5. The van der Waals surface area contributed by atoms with E-state index in [9.17, 15) is 14.7 Å². The van der Waals surface area contributed by atoms with E-state index in [1.54, 1.807) is 16.6 Å². The lowest BCUT2D eigenvalue weighted by Crippen LogP contribution is -2.49. The van der Waals surface area contributed by atoms with Gasteiger partial charge in [-0.1, -0.05) is 35.9 Å². The Morgan fingerprint density at radius 2 is 1.84 bits per heavy atom. The number of amides is 1. The van der Waals surface area contributed by atoms with E-state index < -0.39 is 5.60 Å². The normalized spacial score (nSPS) is 15.8. The molecule has 0 saturated carbocycles. The van der Waals surface area contributed by atoms with Gasteiger partial charge in [0.25, 0.3) is 5.56 Å². The molecule has 1 aliphatic rings. The monoisotopic (exact) mass is 435 g/mol. The zero-order chi connectivity index (χ0) is 22.9. The van der Waals surface area contributed by atoms with E-state index in [4.69, 9.17) is 0 Å². The highest BCUT2D eigenvalue weighted by molar-refractivity contribution is 5.89. The van der Waals surface area contributed by atoms with E-state index in [1.165, 1.54) is 10.9 Å². The van der Waals surface area contributed by atoms with Gasteiger partial charge in [-0.25, -0.2) is 4.98 Å². The second-order valence-corrected chi connectivity index (χ2v) is 8.78. The first-order valence-corrected chi connectivity index (χ1v) is 10.9. The van der Waals surface area contributed by atoms with E-state index in [-0.39, 0.29) is 23.5 Å². The van der Waals surface area contributed by atoms with Crippen molar-refractivity contribution in [2.45, 2.75) is 44.8 Å². The molecule has 1 aliphatic heterocycles. The lowest BCUT2D eigenvalue weighted by Gasteiger charge is -2.38. The number of benzene rings is 1. The quantitative estimate of drug-likeness (QED) is 0.601. The van der Waals surface area contributed by atoms with Crippen molar-refractivity contribution in [3.05, 3.63) is 59.2 Å². The molecule has 4 rings (SSSR count). The number of rotatable bonds is 6. The first-order valence-electron chi connectivity index (χ1n) is 10.9. The minimum Gasteiger partial charge on any atom is -0.388 e. The maximum absolute atomic E-state index is 13.1. The smallest absolute Gasteiger partial charge is 0.281 e. The van der Waals surface area contributed by atoms with Gasteiger partial charge in [-0.3, -0.25) is 18.8 Å². The summed E-state index contributed by atoms with van der Waals surface area (Å²) in [5.41, 5.74) is 2.19.